The van der Waals surface area contributed by atoms with E-state index in [1.54, 1.807) is 0 Å². The third-order valence-corrected chi connectivity index (χ3v) is 11.8. The van der Waals surface area contributed by atoms with E-state index < -0.39 is 5.41 Å². The van der Waals surface area contributed by atoms with Crippen molar-refractivity contribution in [3.63, 3.8) is 0 Å². The molecule has 1 nitrogen and oxygen atoms in total. The maximum Gasteiger partial charge on any atom is 0.0775 e. The van der Waals surface area contributed by atoms with Gasteiger partial charge in [0, 0.05) is 17.5 Å². The van der Waals surface area contributed by atoms with E-state index in [-0.39, 0.29) is 11.5 Å². The van der Waals surface area contributed by atoms with Crippen LogP contribution >= 0.6 is 0 Å². The first kappa shape index (κ1) is 32.7. The molecule has 5 aliphatic rings. The average molecular weight is 682 g/mol. The molecule has 9 rings (SSSR count). The van der Waals surface area contributed by atoms with Crippen LogP contribution in [-0.4, -0.2) is 6.04 Å². The zero-order valence-corrected chi connectivity index (χ0v) is 30.3. The molecule has 0 bridgehead atoms. The number of benzene rings is 4. The molecule has 0 aromatic heterocycles. The summed E-state index contributed by atoms with van der Waals surface area (Å²) in [5.41, 5.74) is 18.5. The molecule has 0 N–H and O–H groups in total. The Labute approximate surface area is 314 Å². The zero-order valence-electron chi connectivity index (χ0n) is 30.3. The van der Waals surface area contributed by atoms with Gasteiger partial charge in [0.2, 0.25) is 0 Å². The summed E-state index contributed by atoms with van der Waals surface area (Å²) in [5, 5.41) is 0. The average Bonchev–Trinajstić information content (AvgIpc) is 4.00. The number of allylic oxidation sites excluding steroid dienone is 15. The lowest BCUT2D eigenvalue weighted by atomic mass is 9.51. The van der Waals surface area contributed by atoms with E-state index in [1.165, 1.54) is 61.3 Å². The highest BCUT2D eigenvalue weighted by Crippen LogP contribution is 2.65. The topological polar surface area (TPSA) is 3.24 Å². The Hall–Kier alpha value is -6.14. The molecule has 0 amide bonds. The molecule has 1 heteroatoms. The predicted octanol–water partition coefficient (Wildman–Crippen LogP) is 12.3. The first-order chi connectivity index (χ1) is 26.2. The molecule has 0 fully saturated rings. The van der Waals surface area contributed by atoms with E-state index >= 15 is 0 Å². The van der Waals surface area contributed by atoms with Gasteiger partial charge in [0.15, 0.2) is 0 Å². The molecule has 4 aromatic carbocycles. The Balaban J connectivity index is 1.31. The van der Waals surface area contributed by atoms with Gasteiger partial charge < -0.3 is 4.90 Å². The molecule has 1 aliphatic heterocycles. The van der Waals surface area contributed by atoms with Crippen LogP contribution in [0, 0.1) is 6.92 Å². The Morgan fingerprint density at radius 3 is 2.13 bits per heavy atom. The maximum atomic E-state index is 4.20. The Kier molecular flexibility index (Phi) is 8.31. The normalized spacial score (nSPS) is 24.2. The summed E-state index contributed by atoms with van der Waals surface area (Å²) >= 11 is 0. The number of hydrogen-bond acceptors (Lipinski definition) is 1. The summed E-state index contributed by atoms with van der Waals surface area (Å²) in [5.74, 6) is 0. The zero-order chi connectivity index (χ0) is 35.8. The standard InChI is InChI=1S/C52H43N/c1-3-20-44(50-35-11-6-16-36-53(50)43-28-9-5-10-29-43)39-22-17-27-42(37-39)51(40-25-13-14-26-40)46-31-18-33-48(46)52(41-23-7-4-8-24-41,49-34-19-32-47(49)51)45-30-15-12-21-38(45)2/h3-5,7-25,27-32,35-37,50H,1,6,33-34H2,2H3/b44-20-. The molecule has 53 heavy (non-hydrogen) atoms. The molecular weight excluding hydrogens is 639 g/mol. The van der Waals surface area contributed by atoms with Gasteiger partial charge in [-0.15, -0.1) is 5.73 Å². The fourth-order valence-corrected chi connectivity index (χ4v) is 9.75. The third kappa shape index (κ3) is 5.00. The fourth-order valence-electron chi connectivity index (χ4n) is 9.75. The molecule has 0 saturated carbocycles. The van der Waals surface area contributed by atoms with Gasteiger partial charge in [-0.25, -0.2) is 0 Å². The molecule has 1 atom stereocenters. The van der Waals surface area contributed by atoms with Crippen LogP contribution in [0.2, 0.25) is 0 Å². The minimum absolute atomic E-state index is 0.00807. The first-order valence-corrected chi connectivity index (χ1v) is 18.9. The molecular formula is C52H43N. The monoisotopic (exact) mass is 681 g/mol. The summed E-state index contributed by atoms with van der Waals surface area (Å²) in [6, 6.07) is 40.3. The van der Waals surface area contributed by atoms with Crippen LogP contribution in [-0.2, 0) is 10.8 Å². The van der Waals surface area contributed by atoms with Crippen molar-refractivity contribution >= 4 is 11.3 Å². The van der Waals surface area contributed by atoms with Crippen LogP contribution in [0.3, 0.4) is 0 Å². The number of aryl methyl sites for hydroxylation is 1. The second-order valence-electron chi connectivity index (χ2n) is 14.4. The van der Waals surface area contributed by atoms with Crippen molar-refractivity contribution in [3.8, 4) is 0 Å². The quantitative estimate of drug-likeness (QED) is 0.102. The number of nitrogens with zero attached hydrogens (tertiary/aromatic N) is 1. The lowest BCUT2D eigenvalue weighted by Gasteiger charge is -2.50. The van der Waals surface area contributed by atoms with Crippen molar-refractivity contribution < 1.29 is 0 Å². The van der Waals surface area contributed by atoms with Gasteiger partial charge in [0.25, 0.3) is 0 Å². The number of para-hydroxylation sites is 1. The predicted molar refractivity (Wildman–Crippen MR) is 223 cm³/mol. The second-order valence-corrected chi connectivity index (χ2v) is 14.4. The lowest BCUT2D eigenvalue weighted by molar-refractivity contribution is 0.591. The van der Waals surface area contributed by atoms with Crippen LogP contribution in [0.15, 0.2) is 228 Å². The van der Waals surface area contributed by atoms with Crippen molar-refractivity contribution in [1.29, 1.82) is 0 Å². The van der Waals surface area contributed by atoms with E-state index in [1.807, 2.05) is 6.08 Å². The van der Waals surface area contributed by atoms with Crippen LogP contribution in [0.1, 0.15) is 47.1 Å². The Bertz CT molecular complexity index is 2390. The Morgan fingerprint density at radius 2 is 1.43 bits per heavy atom. The van der Waals surface area contributed by atoms with Crippen LogP contribution in [0.4, 0.5) is 5.69 Å². The molecule has 4 aliphatic carbocycles. The van der Waals surface area contributed by atoms with E-state index in [0.717, 1.165) is 24.9 Å². The van der Waals surface area contributed by atoms with Gasteiger partial charge >= 0.3 is 0 Å². The van der Waals surface area contributed by atoms with Gasteiger partial charge in [0.05, 0.1) is 16.9 Å². The minimum Gasteiger partial charge on any atom is -0.337 e. The van der Waals surface area contributed by atoms with E-state index in [2.05, 4.69) is 206 Å². The van der Waals surface area contributed by atoms with E-state index in [4.69, 9.17) is 0 Å². The molecule has 1 unspecified atom stereocenters. The molecule has 0 saturated heterocycles. The van der Waals surface area contributed by atoms with Gasteiger partial charge in [0.1, 0.15) is 0 Å². The van der Waals surface area contributed by atoms with Crippen molar-refractivity contribution in [3.05, 3.63) is 256 Å². The third-order valence-electron chi connectivity index (χ3n) is 11.8. The van der Waals surface area contributed by atoms with Gasteiger partial charge in [-0.3, -0.25) is 0 Å². The molecule has 1 heterocycles. The fraction of sp³-hybridized carbons (Fsp3) is 0.135. The lowest BCUT2D eigenvalue weighted by Crippen LogP contribution is -2.44. The second kappa shape index (κ2) is 13.4. The number of rotatable bonds is 8. The summed E-state index contributed by atoms with van der Waals surface area (Å²) in [6.45, 7) is 6.48. The molecule has 0 spiro atoms. The van der Waals surface area contributed by atoms with Crippen LogP contribution < -0.4 is 4.90 Å². The minimum atomic E-state index is -0.539. The van der Waals surface area contributed by atoms with E-state index in [9.17, 15) is 0 Å². The van der Waals surface area contributed by atoms with Crippen molar-refractivity contribution in [2.75, 3.05) is 4.90 Å². The largest absolute Gasteiger partial charge is 0.337 e. The molecule has 256 valence electrons. The van der Waals surface area contributed by atoms with E-state index in [0.29, 0.717) is 0 Å². The molecule has 0 radical (unpaired) electrons. The van der Waals surface area contributed by atoms with Gasteiger partial charge in [-0.1, -0.05) is 158 Å². The van der Waals surface area contributed by atoms with Crippen molar-refractivity contribution in [1.82, 2.24) is 0 Å². The highest BCUT2D eigenvalue weighted by atomic mass is 15.1. The van der Waals surface area contributed by atoms with Gasteiger partial charge in [-0.2, -0.15) is 0 Å². The number of anilines is 1. The number of hydrogen-bond donors (Lipinski definition) is 0. The molecule has 4 aromatic rings. The van der Waals surface area contributed by atoms with Crippen LogP contribution in [0.5, 0.6) is 0 Å². The van der Waals surface area contributed by atoms with Crippen molar-refractivity contribution in [2.24, 2.45) is 0 Å². The maximum absolute atomic E-state index is 4.20. The smallest absolute Gasteiger partial charge is 0.0775 e. The highest BCUT2D eigenvalue weighted by Gasteiger charge is 2.57. The van der Waals surface area contributed by atoms with Gasteiger partial charge in [-0.05, 0) is 112 Å². The summed E-state index contributed by atoms with van der Waals surface area (Å²) < 4.78 is 0. The van der Waals surface area contributed by atoms with Crippen molar-refractivity contribution in [2.45, 2.75) is 43.1 Å². The SMILES string of the molecule is C=C/C=C(/c1cccc(C2(C3=C=CC=C3)C3=C(CC=C3)C(c3ccccc3)(c3ccccc3C)C3=C2C=CC3)c1)C1C=CCC=CN1c1ccccc1. The summed E-state index contributed by atoms with van der Waals surface area (Å²) in [6.07, 6.45) is 32.1. The van der Waals surface area contributed by atoms with Crippen LogP contribution in [0.25, 0.3) is 5.57 Å². The summed E-state index contributed by atoms with van der Waals surface area (Å²) in [4.78, 5) is 2.38. The highest BCUT2D eigenvalue weighted by molar-refractivity contribution is 5.82. The summed E-state index contributed by atoms with van der Waals surface area (Å²) in [7, 11) is 0. The first-order valence-electron chi connectivity index (χ1n) is 18.9. The Morgan fingerprint density at radius 1 is 0.736 bits per heavy atom.